The normalized spacial score (nSPS) is 18.0. The molecule has 2 unspecified atom stereocenters. The lowest BCUT2D eigenvalue weighted by Gasteiger charge is -2.16. The summed E-state index contributed by atoms with van der Waals surface area (Å²) in [6.07, 6.45) is 1.29. The number of benzene rings is 2. The highest BCUT2D eigenvalue weighted by Crippen LogP contribution is 2.31. The SMILES string of the molecule is O=C(CC(O)c1ccccc1)NC1CCc2ccccc21. The molecule has 3 heteroatoms. The van der Waals surface area contributed by atoms with Gasteiger partial charge in [0.05, 0.1) is 18.6 Å². The fourth-order valence-electron chi connectivity index (χ4n) is 2.93. The van der Waals surface area contributed by atoms with Crippen molar-refractivity contribution in [3.05, 3.63) is 71.3 Å². The Bertz CT molecular complexity index is 624. The summed E-state index contributed by atoms with van der Waals surface area (Å²) in [5.74, 6) is -0.104. The first-order chi connectivity index (χ1) is 10.2. The van der Waals surface area contributed by atoms with Gasteiger partial charge in [-0.2, -0.15) is 0 Å². The Morgan fingerprint density at radius 3 is 2.67 bits per heavy atom. The summed E-state index contributed by atoms with van der Waals surface area (Å²) in [4.78, 5) is 12.1. The second kappa shape index (κ2) is 6.10. The van der Waals surface area contributed by atoms with E-state index in [0.717, 1.165) is 18.4 Å². The molecule has 0 spiro atoms. The predicted molar refractivity (Wildman–Crippen MR) is 81.7 cm³/mol. The molecule has 0 aromatic heterocycles. The molecule has 108 valence electrons. The Balaban J connectivity index is 1.61. The topological polar surface area (TPSA) is 49.3 Å². The lowest BCUT2D eigenvalue weighted by atomic mass is 10.1. The molecule has 1 amide bonds. The molecule has 0 radical (unpaired) electrons. The quantitative estimate of drug-likeness (QED) is 0.905. The summed E-state index contributed by atoms with van der Waals surface area (Å²) in [6.45, 7) is 0. The van der Waals surface area contributed by atoms with Crippen LogP contribution in [0.1, 0.15) is 41.7 Å². The van der Waals surface area contributed by atoms with Crippen molar-refractivity contribution in [2.75, 3.05) is 0 Å². The van der Waals surface area contributed by atoms with E-state index in [4.69, 9.17) is 0 Å². The van der Waals surface area contributed by atoms with Crippen LogP contribution in [0.15, 0.2) is 54.6 Å². The molecule has 0 aliphatic heterocycles. The molecule has 0 heterocycles. The highest BCUT2D eigenvalue weighted by molar-refractivity contribution is 5.77. The van der Waals surface area contributed by atoms with Gasteiger partial charge in [0, 0.05) is 0 Å². The van der Waals surface area contributed by atoms with E-state index in [1.807, 2.05) is 42.5 Å². The molecular formula is C18H19NO2. The number of aliphatic hydroxyl groups is 1. The lowest BCUT2D eigenvalue weighted by molar-refractivity contribution is -0.123. The van der Waals surface area contributed by atoms with Crippen LogP contribution in [0.5, 0.6) is 0 Å². The maximum atomic E-state index is 12.1. The van der Waals surface area contributed by atoms with Crippen LogP contribution in [0, 0.1) is 0 Å². The zero-order chi connectivity index (χ0) is 14.7. The van der Waals surface area contributed by atoms with Gasteiger partial charge >= 0.3 is 0 Å². The second-order valence-electron chi connectivity index (χ2n) is 5.49. The van der Waals surface area contributed by atoms with Crippen LogP contribution in [0.4, 0.5) is 0 Å². The zero-order valence-corrected chi connectivity index (χ0v) is 11.8. The van der Waals surface area contributed by atoms with E-state index in [9.17, 15) is 9.90 Å². The number of fused-ring (bicyclic) bond motifs is 1. The summed E-state index contributed by atoms with van der Waals surface area (Å²) in [5, 5.41) is 13.1. The maximum Gasteiger partial charge on any atom is 0.223 e. The predicted octanol–water partition coefficient (Wildman–Crippen LogP) is 2.91. The van der Waals surface area contributed by atoms with Crippen molar-refractivity contribution >= 4 is 5.91 Å². The number of hydrogen-bond donors (Lipinski definition) is 2. The average molecular weight is 281 g/mol. The Hall–Kier alpha value is -2.13. The monoisotopic (exact) mass is 281 g/mol. The van der Waals surface area contributed by atoms with Crippen LogP contribution in [0.3, 0.4) is 0 Å². The van der Waals surface area contributed by atoms with E-state index in [0.29, 0.717) is 0 Å². The molecule has 3 nitrogen and oxygen atoms in total. The fraction of sp³-hybridized carbons (Fsp3) is 0.278. The van der Waals surface area contributed by atoms with Gasteiger partial charge in [0.2, 0.25) is 5.91 Å². The molecule has 2 aromatic carbocycles. The number of hydrogen-bond acceptors (Lipinski definition) is 2. The van der Waals surface area contributed by atoms with Crippen LogP contribution in [0.2, 0.25) is 0 Å². The summed E-state index contributed by atoms with van der Waals surface area (Å²) in [7, 11) is 0. The number of carbonyl (C=O) groups excluding carboxylic acids is 1. The van der Waals surface area contributed by atoms with Crippen molar-refractivity contribution in [1.29, 1.82) is 0 Å². The smallest absolute Gasteiger partial charge is 0.223 e. The molecule has 0 saturated carbocycles. The number of amides is 1. The highest BCUT2D eigenvalue weighted by atomic mass is 16.3. The van der Waals surface area contributed by atoms with Crippen molar-refractivity contribution in [1.82, 2.24) is 5.32 Å². The molecule has 1 aliphatic carbocycles. The Morgan fingerprint density at radius 2 is 1.86 bits per heavy atom. The average Bonchev–Trinajstić information content (AvgIpc) is 2.91. The summed E-state index contributed by atoms with van der Waals surface area (Å²) in [6, 6.07) is 17.6. The number of nitrogens with one attached hydrogen (secondary N) is 1. The van der Waals surface area contributed by atoms with Crippen molar-refractivity contribution in [2.24, 2.45) is 0 Å². The summed E-state index contributed by atoms with van der Waals surface area (Å²) in [5.41, 5.74) is 3.30. The molecule has 0 bridgehead atoms. The van der Waals surface area contributed by atoms with Gasteiger partial charge in [-0.15, -0.1) is 0 Å². The largest absolute Gasteiger partial charge is 0.388 e. The standard InChI is InChI=1S/C18H19NO2/c20-17(14-7-2-1-3-8-14)12-18(21)19-16-11-10-13-6-4-5-9-15(13)16/h1-9,16-17,20H,10-12H2,(H,19,21). The van der Waals surface area contributed by atoms with Gasteiger partial charge in [0.25, 0.3) is 0 Å². The van der Waals surface area contributed by atoms with Crippen LogP contribution in [0.25, 0.3) is 0 Å². The third-order valence-corrected chi connectivity index (χ3v) is 4.03. The van der Waals surface area contributed by atoms with Crippen LogP contribution in [-0.2, 0) is 11.2 Å². The third-order valence-electron chi connectivity index (χ3n) is 4.03. The zero-order valence-electron chi connectivity index (χ0n) is 11.8. The van der Waals surface area contributed by atoms with Crippen LogP contribution in [-0.4, -0.2) is 11.0 Å². The lowest BCUT2D eigenvalue weighted by Crippen LogP contribution is -2.28. The first-order valence-corrected chi connectivity index (χ1v) is 7.34. The Labute approximate surface area is 124 Å². The first kappa shape index (κ1) is 13.8. The van der Waals surface area contributed by atoms with Gasteiger partial charge in [-0.1, -0.05) is 54.6 Å². The number of aliphatic hydroxyl groups excluding tert-OH is 1. The van der Waals surface area contributed by atoms with E-state index in [1.165, 1.54) is 11.1 Å². The van der Waals surface area contributed by atoms with Gasteiger partial charge in [0.1, 0.15) is 0 Å². The second-order valence-corrected chi connectivity index (χ2v) is 5.49. The third kappa shape index (κ3) is 3.14. The van der Waals surface area contributed by atoms with Crippen molar-refractivity contribution in [2.45, 2.75) is 31.4 Å². The first-order valence-electron chi connectivity index (χ1n) is 7.34. The van der Waals surface area contributed by atoms with Crippen molar-refractivity contribution in [3.8, 4) is 0 Å². The molecule has 21 heavy (non-hydrogen) atoms. The number of rotatable bonds is 4. The summed E-state index contributed by atoms with van der Waals surface area (Å²) >= 11 is 0. The highest BCUT2D eigenvalue weighted by Gasteiger charge is 2.24. The molecule has 2 N–H and O–H groups in total. The Morgan fingerprint density at radius 1 is 1.14 bits per heavy atom. The molecular weight excluding hydrogens is 262 g/mol. The van der Waals surface area contributed by atoms with Crippen molar-refractivity contribution < 1.29 is 9.90 Å². The van der Waals surface area contributed by atoms with Gasteiger partial charge in [0.15, 0.2) is 0 Å². The summed E-state index contributed by atoms with van der Waals surface area (Å²) < 4.78 is 0. The number of carbonyl (C=O) groups is 1. The van der Waals surface area contributed by atoms with Crippen LogP contribution < -0.4 is 5.32 Å². The van der Waals surface area contributed by atoms with Gasteiger partial charge in [-0.25, -0.2) is 0 Å². The minimum Gasteiger partial charge on any atom is -0.388 e. The van der Waals surface area contributed by atoms with E-state index in [-0.39, 0.29) is 18.4 Å². The van der Waals surface area contributed by atoms with Crippen molar-refractivity contribution in [3.63, 3.8) is 0 Å². The minimum atomic E-state index is -0.747. The van der Waals surface area contributed by atoms with E-state index in [2.05, 4.69) is 17.4 Å². The van der Waals surface area contributed by atoms with Gasteiger partial charge < -0.3 is 10.4 Å². The Kier molecular flexibility index (Phi) is 4.02. The van der Waals surface area contributed by atoms with Gasteiger partial charge in [-0.3, -0.25) is 4.79 Å². The van der Waals surface area contributed by atoms with Crippen LogP contribution >= 0.6 is 0 Å². The molecule has 0 fully saturated rings. The van der Waals surface area contributed by atoms with Gasteiger partial charge in [-0.05, 0) is 29.5 Å². The van der Waals surface area contributed by atoms with E-state index >= 15 is 0 Å². The fourth-order valence-corrected chi connectivity index (χ4v) is 2.93. The molecule has 2 atom stereocenters. The number of aryl methyl sites for hydroxylation is 1. The van der Waals surface area contributed by atoms with E-state index in [1.54, 1.807) is 0 Å². The molecule has 2 aromatic rings. The molecule has 0 saturated heterocycles. The minimum absolute atomic E-state index is 0.0803. The molecule has 3 rings (SSSR count). The maximum absolute atomic E-state index is 12.1. The molecule has 1 aliphatic rings. The van der Waals surface area contributed by atoms with E-state index < -0.39 is 6.10 Å².